The zero-order chi connectivity index (χ0) is 13.9. The molecule has 1 saturated carbocycles. The highest BCUT2D eigenvalue weighted by Crippen LogP contribution is 2.26. The molecule has 1 heterocycles. The Morgan fingerprint density at radius 1 is 1.35 bits per heavy atom. The fourth-order valence-corrected chi connectivity index (χ4v) is 2.89. The van der Waals surface area contributed by atoms with E-state index in [0.29, 0.717) is 6.10 Å². The Hall–Kier alpha value is -1.06. The lowest BCUT2D eigenvalue weighted by atomic mass is 10.1. The van der Waals surface area contributed by atoms with Crippen LogP contribution >= 0.6 is 0 Å². The number of anilines is 1. The lowest BCUT2D eigenvalue weighted by Crippen LogP contribution is -2.42. The van der Waals surface area contributed by atoms with Crippen molar-refractivity contribution >= 4 is 5.69 Å². The Morgan fingerprint density at radius 2 is 2.20 bits per heavy atom. The Morgan fingerprint density at radius 3 is 2.95 bits per heavy atom. The summed E-state index contributed by atoms with van der Waals surface area (Å²) in [4.78, 5) is 2.50. The van der Waals surface area contributed by atoms with Crippen LogP contribution in [0.15, 0.2) is 18.2 Å². The maximum Gasteiger partial charge on any atom is 0.0748 e. The monoisotopic (exact) mass is 274 g/mol. The summed E-state index contributed by atoms with van der Waals surface area (Å²) in [5, 5.41) is 3.65. The lowest BCUT2D eigenvalue weighted by molar-refractivity contribution is 0.0384. The van der Waals surface area contributed by atoms with E-state index < -0.39 is 0 Å². The number of morpholine rings is 1. The van der Waals surface area contributed by atoms with Gasteiger partial charge in [0.15, 0.2) is 0 Å². The number of aryl methyl sites for hydroxylation is 1. The van der Waals surface area contributed by atoms with Crippen LogP contribution in [0.3, 0.4) is 0 Å². The van der Waals surface area contributed by atoms with Crippen molar-refractivity contribution in [2.45, 2.75) is 51.8 Å². The summed E-state index contributed by atoms with van der Waals surface area (Å²) >= 11 is 0. The zero-order valence-corrected chi connectivity index (χ0v) is 12.7. The lowest BCUT2D eigenvalue weighted by Gasteiger charge is -2.35. The molecule has 2 aliphatic rings. The smallest absolute Gasteiger partial charge is 0.0748 e. The van der Waals surface area contributed by atoms with E-state index in [1.165, 1.54) is 29.7 Å². The molecule has 0 bridgehead atoms. The fraction of sp³-hybridized carbons (Fsp3) is 0.647. The molecular weight excluding hydrogens is 248 g/mol. The van der Waals surface area contributed by atoms with Crippen LogP contribution in [0.1, 0.15) is 37.3 Å². The Bertz CT molecular complexity index is 456. The minimum Gasteiger partial charge on any atom is -0.375 e. The van der Waals surface area contributed by atoms with E-state index in [2.05, 4.69) is 42.3 Å². The first-order valence-corrected chi connectivity index (χ1v) is 7.95. The second-order valence-electron chi connectivity index (χ2n) is 6.13. The van der Waals surface area contributed by atoms with Crippen LogP contribution in [0.2, 0.25) is 0 Å². The highest BCUT2D eigenvalue weighted by Gasteiger charge is 2.23. The first-order chi connectivity index (χ1) is 9.76. The Labute approximate surface area is 122 Å². The van der Waals surface area contributed by atoms with Gasteiger partial charge in [0.1, 0.15) is 0 Å². The van der Waals surface area contributed by atoms with Gasteiger partial charge in [0.2, 0.25) is 0 Å². The van der Waals surface area contributed by atoms with Crippen molar-refractivity contribution in [3.63, 3.8) is 0 Å². The van der Waals surface area contributed by atoms with E-state index in [-0.39, 0.29) is 0 Å². The van der Waals surface area contributed by atoms with Crippen LogP contribution in [0.4, 0.5) is 5.69 Å². The summed E-state index contributed by atoms with van der Waals surface area (Å²) in [5.41, 5.74) is 4.18. The molecular formula is C17H26N2O. The summed E-state index contributed by atoms with van der Waals surface area (Å²) in [6.07, 6.45) is 4.17. The third-order valence-corrected chi connectivity index (χ3v) is 4.33. The Balaban J connectivity index is 1.75. The van der Waals surface area contributed by atoms with Gasteiger partial charge < -0.3 is 15.0 Å². The molecule has 2 fully saturated rings. The number of hydrogen-bond donors (Lipinski definition) is 1. The first-order valence-electron chi connectivity index (χ1n) is 7.95. The van der Waals surface area contributed by atoms with Gasteiger partial charge in [0.05, 0.1) is 12.7 Å². The molecule has 1 atom stereocenters. The van der Waals surface area contributed by atoms with Crippen LogP contribution in [0, 0.1) is 6.92 Å². The van der Waals surface area contributed by atoms with E-state index in [4.69, 9.17) is 4.74 Å². The van der Waals surface area contributed by atoms with Crippen molar-refractivity contribution in [2.75, 3.05) is 24.6 Å². The maximum atomic E-state index is 5.79. The van der Waals surface area contributed by atoms with Crippen LogP contribution in [-0.4, -0.2) is 31.8 Å². The zero-order valence-electron chi connectivity index (χ0n) is 12.7. The molecule has 3 nitrogen and oxygen atoms in total. The van der Waals surface area contributed by atoms with Gasteiger partial charge in [-0.1, -0.05) is 24.6 Å². The van der Waals surface area contributed by atoms with Gasteiger partial charge in [-0.25, -0.2) is 0 Å². The van der Waals surface area contributed by atoms with Gasteiger partial charge in [-0.2, -0.15) is 0 Å². The molecule has 1 unspecified atom stereocenters. The van der Waals surface area contributed by atoms with Gasteiger partial charge in [-0.3, -0.25) is 0 Å². The molecule has 0 spiro atoms. The van der Waals surface area contributed by atoms with E-state index in [9.17, 15) is 0 Å². The molecule has 3 rings (SSSR count). The Kier molecular flexibility index (Phi) is 4.27. The number of ether oxygens (including phenoxy) is 1. The fourth-order valence-electron chi connectivity index (χ4n) is 2.89. The second kappa shape index (κ2) is 6.15. The standard InChI is InChI=1S/C17H26N2O/c1-3-16-12-19(8-9-20-16)17-7-4-13(2)10-14(17)11-18-15-5-6-15/h4,7,10,15-16,18H,3,5-6,8-9,11-12H2,1-2H3. The van der Waals surface area contributed by atoms with Gasteiger partial charge >= 0.3 is 0 Å². The number of benzene rings is 1. The number of nitrogens with zero attached hydrogens (tertiary/aromatic N) is 1. The quantitative estimate of drug-likeness (QED) is 0.893. The van der Waals surface area contributed by atoms with Crippen LogP contribution in [-0.2, 0) is 11.3 Å². The first kappa shape index (κ1) is 13.9. The van der Waals surface area contributed by atoms with E-state index in [1.807, 2.05) is 0 Å². The van der Waals surface area contributed by atoms with Crippen molar-refractivity contribution in [1.82, 2.24) is 5.32 Å². The average Bonchev–Trinajstić information content (AvgIpc) is 3.29. The van der Waals surface area contributed by atoms with E-state index in [0.717, 1.165) is 38.7 Å². The molecule has 3 heteroatoms. The van der Waals surface area contributed by atoms with Crippen molar-refractivity contribution in [2.24, 2.45) is 0 Å². The summed E-state index contributed by atoms with van der Waals surface area (Å²) in [5.74, 6) is 0. The predicted molar refractivity (Wildman–Crippen MR) is 83.3 cm³/mol. The summed E-state index contributed by atoms with van der Waals surface area (Å²) in [7, 11) is 0. The highest BCUT2D eigenvalue weighted by atomic mass is 16.5. The minimum absolute atomic E-state index is 0.384. The SMILES string of the molecule is CCC1CN(c2ccc(C)cc2CNC2CC2)CCO1. The highest BCUT2D eigenvalue weighted by molar-refractivity contribution is 5.55. The topological polar surface area (TPSA) is 24.5 Å². The molecule has 1 aliphatic heterocycles. The van der Waals surface area contributed by atoms with Crippen LogP contribution in [0.5, 0.6) is 0 Å². The van der Waals surface area contributed by atoms with Crippen LogP contribution in [0.25, 0.3) is 0 Å². The predicted octanol–water partition coefficient (Wildman–Crippen LogP) is 2.86. The van der Waals surface area contributed by atoms with E-state index >= 15 is 0 Å². The third kappa shape index (κ3) is 3.33. The normalized spacial score (nSPS) is 23.1. The average molecular weight is 274 g/mol. The van der Waals surface area contributed by atoms with Crippen LogP contribution < -0.4 is 10.2 Å². The molecule has 1 aromatic rings. The molecule has 1 N–H and O–H groups in total. The molecule has 1 aliphatic carbocycles. The minimum atomic E-state index is 0.384. The molecule has 0 amide bonds. The molecule has 0 radical (unpaired) electrons. The van der Waals surface area contributed by atoms with Gasteiger partial charge in [0, 0.05) is 31.4 Å². The molecule has 0 aromatic heterocycles. The number of hydrogen-bond acceptors (Lipinski definition) is 3. The summed E-state index contributed by atoms with van der Waals surface area (Å²) < 4.78 is 5.79. The third-order valence-electron chi connectivity index (χ3n) is 4.33. The molecule has 1 saturated heterocycles. The molecule has 110 valence electrons. The maximum absolute atomic E-state index is 5.79. The van der Waals surface area contributed by atoms with Crippen molar-refractivity contribution in [3.05, 3.63) is 29.3 Å². The van der Waals surface area contributed by atoms with Crippen molar-refractivity contribution in [1.29, 1.82) is 0 Å². The van der Waals surface area contributed by atoms with E-state index in [1.54, 1.807) is 0 Å². The molecule has 1 aromatic carbocycles. The number of nitrogens with one attached hydrogen (secondary N) is 1. The largest absolute Gasteiger partial charge is 0.375 e. The van der Waals surface area contributed by atoms with Gasteiger partial charge in [-0.15, -0.1) is 0 Å². The summed E-state index contributed by atoms with van der Waals surface area (Å²) in [6, 6.07) is 7.61. The van der Waals surface area contributed by atoms with Gasteiger partial charge in [0.25, 0.3) is 0 Å². The van der Waals surface area contributed by atoms with Gasteiger partial charge in [-0.05, 0) is 37.8 Å². The molecule has 20 heavy (non-hydrogen) atoms. The van der Waals surface area contributed by atoms with Crippen molar-refractivity contribution in [3.8, 4) is 0 Å². The van der Waals surface area contributed by atoms with Crippen molar-refractivity contribution < 1.29 is 4.74 Å². The second-order valence-corrected chi connectivity index (χ2v) is 6.13. The summed E-state index contributed by atoms with van der Waals surface area (Å²) in [6.45, 7) is 8.26. The number of rotatable bonds is 5.